The number of halogens is 1. The molecule has 0 bridgehead atoms. The van der Waals surface area contributed by atoms with Crippen molar-refractivity contribution in [2.24, 2.45) is 5.73 Å². The number of rotatable bonds is 3. The van der Waals surface area contributed by atoms with E-state index in [1.165, 1.54) is 12.4 Å². The van der Waals surface area contributed by atoms with Crippen LogP contribution in [0.3, 0.4) is 0 Å². The third-order valence-electron chi connectivity index (χ3n) is 4.63. The molecule has 2 amide bonds. The van der Waals surface area contributed by atoms with Gasteiger partial charge in [-0.25, -0.2) is 9.37 Å². The highest BCUT2D eigenvalue weighted by molar-refractivity contribution is 5.95. The van der Waals surface area contributed by atoms with Gasteiger partial charge >= 0.3 is 0 Å². The second kappa shape index (κ2) is 6.54. The van der Waals surface area contributed by atoms with Crippen LogP contribution >= 0.6 is 0 Å². The molecule has 1 fully saturated rings. The van der Waals surface area contributed by atoms with E-state index in [1.807, 2.05) is 0 Å². The van der Waals surface area contributed by atoms with Crippen LogP contribution in [-0.2, 0) is 0 Å². The van der Waals surface area contributed by atoms with Crippen molar-refractivity contribution < 1.29 is 14.0 Å². The first-order valence-corrected chi connectivity index (χ1v) is 8.06. The quantitative estimate of drug-likeness (QED) is 0.878. The van der Waals surface area contributed by atoms with Crippen LogP contribution in [0.2, 0.25) is 0 Å². The molecule has 7 nitrogen and oxygen atoms in total. The smallest absolute Gasteiger partial charge is 0.271 e. The van der Waals surface area contributed by atoms with E-state index in [-0.39, 0.29) is 29.3 Å². The van der Waals surface area contributed by atoms with Gasteiger partial charge in [0.15, 0.2) is 5.69 Å². The number of carbonyl (C=O) groups excluding carboxylic acids is 2. The normalized spacial score (nSPS) is 15.4. The minimum atomic E-state index is -0.662. The number of amides is 2. The van der Waals surface area contributed by atoms with Gasteiger partial charge < -0.3 is 20.9 Å². The summed E-state index contributed by atoms with van der Waals surface area (Å²) >= 11 is 0. The maximum atomic E-state index is 13.7. The number of hydrogen-bond donors (Lipinski definition) is 2. The largest absolute Gasteiger partial charge is 0.383 e. The summed E-state index contributed by atoms with van der Waals surface area (Å²) in [7, 11) is 0. The molecule has 0 radical (unpaired) electrons. The maximum Gasteiger partial charge on any atom is 0.271 e. The van der Waals surface area contributed by atoms with Gasteiger partial charge in [-0.3, -0.25) is 9.59 Å². The number of likely N-dealkylation sites (tertiary alicyclic amines) is 1. The number of primary amides is 1. The molecule has 8 heteroatoms. The Balaban J connectivity index is 1.68. The van der Waals surface area contributed by atoms with Crippen molar-refractivity contribution in [2.75, 3.05) is 18.8 Å². The lowest BCUT2D eigenvalue weighted by Crippen LogP contribution is -2.39. The van der Waals surface area contributed by atoms with Crippen molar-refractivity contribution >= 4 is 17.6 Å². The van der Waals surface area contributed by atoms with E-state index < -0.39 is 5.91 Å². The predicted molar refractivity (Wildman–Crippen MR) is 90.5 cm³/mol. The zero-order chi connectivity index (χ0) is 18.1. The molecule has 1 aliphatic rings. The average molecular weight is 345 g/mol. The number of nitrogen functional groups attached to an aromatic ring is 1. The van der Waals surface area contributed by atoms with Gasteiger partial charge in [0.2, 0.25) is 0 Å². The van der Waals surface area contributed by atoms with E-state index in [9.17, 15) is 14.0 Å². The summed E-state index contributed by atoms with van der Waals surface area (Å²) in [4.78, 5) is 29.4. The van der Waals surface area contributed by atoms with Crippen molar-refractivity contribution in [3.05, 3.63) is 47.2 Å². The third-order valence-corrected chi connectivity index (χ3v) is 4.63. The van der Waals surface area contributed by atoms with Crippen molar-refractivity contribution in [2.45, 2.75) is 25.8 Å². The molecule has 1 aliphatic heterocycles. The first-order chi connectivity index (χ1) is 11.9. The monoisotopic (exact) mass is 345 g/mol. The first-order valence-electron chi connectivity index (χ1n) is 8.06. The molecule has 0 atom stereocenters. The summed E-state index contributed by atoms with van der Waals surface area (Å²) in [5.41, 5.74) is 12.1. The number of anilines is 1. The lowest BCUT2D eigenvalue weighted by atomic mass is 10.0. The van der Waals surface area contributed by atoms with E-state index >= 15 is 0 Å². The fourth-order valence-electron chi connectivity index (χ4n) is 3.11. The standard InChI is InChI=1S/C17H20FN5O2/c1-10-2-3-11(8-13(10)18)17(25)22-6-4-12(5-7-22)23-9-21-14(15(23)19)16(20)24/h2-3,8-9,12H,4-7,19H2,1H3,(H2,20,24). The van der Waals surface area contributed by atoms with Gasteiger partial charge in [0.25, 0.3) is 11.8 Å². The zero-order valence-electron chi connectivity index (χ0n) is 13.9. The second-order valence-electron chi connectivity index (χ2n) is 6.24. The van der Waals surface area contributed by atoms with E-state index in [4.69, 9.17) is 11.5 Å². The molecule has 2 heterocycles. The molecule has 0 saturated carbocycles. The third kappa shape index (κ3) is 3.19. The van der Waals surface area contributed by atoms with Crippen LogP contribution in [0.25, 0.3) is 0 Å². The Morgan fingerprint density at radius 3 is 2.52 bits per heavy atom. The number of piperidine rings is 1. The summed E-state index contributed by atoms with van der Waals surface area (Å²) < 4.78 is 15.4. The lowest BCUT2D eigenvalue weighted by molar-refractivity contribution is 0.0694. The van der Waals surface area contributed by atoms with Crippen LogP contribution < -0.4 is 11.5 Å². The Morgan fingerprint density at radius 1 is 1.28 bits per heavy atom. The topological polar surface area (TPSA) is 107 Å². The Labute approximate surface area is 144 Å². The number of nitrogens with zero attached hydrogens (tertiary/aromatic N) is 3. The highest BCUT2D eigenvalue weighted by atomic mass is 19.1. The molecular weight excluding hydrogens is 325 g/mol. The maximum absolute atomic E-state index is 13.7. The molecule has 1 saturated heterocycles. The number of hydrogen-bond acceptors (Lipinski definition) is 4. The summed E-state index contributed by atoms with van der Waals surface area (Å²) in [6.45, 7) is 2.69. The van der Waals surface area contributed by atoms with Crippen molar-refractivity contribution in [3.63, 3.8) is 0 Å². The van der Waals surface area contributed by atoms with Gasteiger partial charge in [0.05, 0.1) is 6.33 Å². The van der Waals surface area contributed by atoms with Crippen LogP contribution in [0.15, 0.2) is 24.5 Å². The Morgan fingerprint density at radius 2 is 1.96 bits per heavy atom. The minimum Gasteiger partial charge on any atom is -0.383 e. The highest BCUT2D eigenvalue weighted by Gasteiger charge is 2.27. The average Bonchev–Trinajstić information content (AvgIpc) is 2.98. The van der Waals surface area contributed by atoms with E-state index in [0.29, 0.717) is 37.1 Å². The molecule has 0 unspecified atom stereocenters. The Kier molecular flexibility index (Phi) is 4.43. The van der Waals surface area contributed by atoms with Crippen molar-refractivity contribution in [3.8, 4) is 0 Å². The van der Waals surface area contributed by atoms with Gasteiger partial charge in [-0.15, -0.1) is 0 Å². The summed E-state index contributed by atoms with van der Waals surface area (Å²) in [6, 6.07) is 4.56. The van der Waals surface area contributed by atoms with Crippen LogP contribution in [0.4, 0.5) is 10.2 Å². The number of nitrogens with two attached hydrogens (primary N) is 2. The fraction of sp³-hybridized carbons (Fsp3) is 0.353. The van der Waals surface area contributed by atoms with Crippen LogP contribution in [0.1, 0.15) is 45.3 Å². The van der Waals surface area contributed by atoms with E-state index in [2.05, 4.69) is 4.98 Å². The number of benzene rings is 1. The van der Waals surface area contributed by atoms with E-state index in [1.54, 1.807) is 28.5 Å². The first kappa shape index (κ1) is 16.9. The molecule has 1 aromatic carbocycles. The zero-order valence-corrected chi connectivity index (χ0v) is 13.9. The van der Waals surface area contributed by atoms with Crippen LogP contribution in [0, 0.1) is 12.7 Å². The molecule has 1 aromatic heterocycles. The number of aromatic nitrogens is 2. The van der Waals surface area contributed by atoms with Crippen molar-refractivity contribution in [1.82, 2.24) is 14.5 Å². The van der Waals surface area contributed by atoms with Gasteiger partial charge in [-0.2, -0.15) is 0 Å². The van der Waals surface area contributed by atoms with Gasteiger partial charge in [-0.1, -0.05) is 6.07 Å². The highest BCUT2D eigenvalue weighted by Crippen LogP contribution is 2.27. The fourth-order valence-corrected chi connectivity index (χ4v) is 3.11. The van der Waals surface area contributed by atoms with Crippen LogP contribution in [0.5, 0.6) is 0 Å². The molecule has 25 heavy (non-hydrogen) atoms. The van der Waals surface area contributed by atoms with E-state index in [0.717, 1.165) is 0 Å². The number of carbonyl (C=O) groups is 2. The summed E-state index contributed by atoms with van der Waals surface area (Å²) in [5.74, 6) is -0.983. The molecule has 3 rings (SSSR count). The second-order valence-corrected chi connectivity index (χ2v) is 6.24. The Hall–Kier alpha value is -2.90. The van der Waals surface area contributed by atoms with Crippen LogP contribution in [-0.4, -0.2) is 39.4 Å². The predicted octanol–water partition coefficient (Wildman–Crippen LogP) is 1.49. The molecule has 4 N–H and O–H groups in total. The van der Waals surface area contributed by atoms with Gasteiger partial charge in [-0.05, 0) is 37.5 Å². The molecule has 0 spiro atoms. The molecular formula is C17H20FN5O2. The molecule has 132 valence electrons. The number of aryl methyl sites for hydroxylation is 1. The van der Waals surface area contributed by atoms with Gasteiger partial charge in [0.1, 0.15) is 11.6 Å². The summed E-state index contributed by atoms with van der Waals surface area (Å²) in [5, 5.41) is 0. The minimum absolute atomic E-state index is 0.0411. The van der Waals surface area contributed by atoms with Crippen molar-refractivity contribution in [1.29, 1.82) is 0 Å². The van der Waals surface area contributed by atoms with Gasteiger partial charge in [0, 0.05) is 24.7 Å². The Bertz CT molecular complexity index is 824. The SMILES string of the molecule is Cc1ccc(C(=O)N2CCC(n3cnc(C(N)=O)c3N)CC2)cc1F. The summed E-state index contributed by atoms with van der Waals surface area (Å²) in [6.07, 6.45) is 2.84. The lowest BCUT2D eigenvalue weighted by Gasteiger charge is -2.33. The molecule has 0 aliphatic carbocycles. The molecule has 2 aromatic rings. The number of imidazole rings is 1.